The molecule has 28 heavy (non-hydrogen) atoms. The molecule has 6 heteroatoms. The zero-order chi connectivity index (χ0) is 20.1. The number of furan rings is 1. The van der Waals surface area contributed by atoms with E-state index in [-0.39, 0.29) is 35.0 Å². The molecule has 5 nitrogen and oxygen atoms in total. The Balaban J connectivity index is 1.63. The van der Waals surface area contributed by atoms with Gasteiger partial charge in [-0.25, -0.2) is 8.42 Å². The van der Waals surface area contributed by atoms with Crippen molar-refractivity contribution in [1.29, 1.82) is 0 Å². The number of aryl methyl sites for hydroxylation is 1. The largest absolute Gasteiger partial charge is 0.455 e. The highest BCUT2D eigenvalue weighted by Crippen LogP contribution is 2.17. The Hall–Kier alpha value is -2.86. The minimum absolute atomic E-state index is 0.0689. The summed E-state index contributed by atoms with van der Waals surface area (Å²) in [6, 6.07) is 19.8. The van der Waals surface area contributed by atoms with Gasteiger partial charge >= 0.3 is 0 Å². The van der Waals surface area contributed by atoms with E-state index < -0.39 is 9.84 Å². The maximum atomic E-state index is 12.4. The first-order chi connectivity index (χ1) is 13.3. The molecule has 1 heterocycles. The molecule has 0 aliphatic heterocycles. The van der Waals surface area contributed by atoms with Crippen molar-refractivity contribution < 1.29 is 17.6 Å². The van der Waals surface area contributed by atoms with E-state index in [1.54, 1.807) is 12.1 Å². The first kappa shape index (κ1) is 19.9. The molecule has 3 rings (SSSR count). The normalized spacial score (nSPS) is 12.5. The predicted molar refractivity (Wildman–Crippen MR) is 109 cm³/mol. The van der Waals surface area contributed by atoms with Crippen LogP contribution in [0.2, 0.25) is 0 Å². The Bertz CT molecular complexity index is 1040. The molecule has 3 aromatic rings. The van der Waals surface area contributed by atoms with Crippen LogP contribution in [-0.2, 0) is 21.3 Å². The lowest BCUT2D eigenvalue weighted by atomic mass is 10.1. The van der Waals surface area contributed by atoms with Crippen LogP contribution in [0.3, 0.4) is 0 Å². The number of benzene rings is 2. The zero-order valence-electron chi connectivity index (χ0n) is 15.9. The van der Waals surface area contributed by atoms with E-state index in [9.17, 15) is 13.2 Å². The average molecular weight is 397 g/mol. The van der Waals surface area contributed by atoms with Crippen LogP contribution in [0.5, 0.6) is 0 Å². The molecule has 1 N–H and O–H groups in total. The maximum Gasteiger partial charge on any atom is 0.287 e. The lowest BCUT2D eigenvalue weighted by molar-refractivity contribution is 0.0910. The molecule has 0 saturated heterocycles. The van der Waals surface area contributed by atoms with Crippen molar-refractivity contribution in [2.45, 2.75) is 31.4 Å². The van der Waals surface area contributed by atoms with E-state index in [4.69, 9.17) is 4.42 Å². The summed E-state index contributed by atoms with van der Waals surface area (Å²) in [7, 11) is -3.40. The molecule has 0 aliphatic carbocycles. The second-order valence-electron chi connectivity index (χ2n) is 6.89. The van der Waals surface area contributed by atoms with Gasteiger partial charge in [0.05, 0.1) is 11.8 Å². The summed E-state index contributed by atoms with van der Waals surface area (Å²) in [5, 5.41) is 2.85. The summed E-state index contributed by atoms with van der Waals surface area (Å²) in [6.07, 6.45) is 0. The standard InChI is InChI=1S/C22H23NO4S/c1-16-8-10-18(11-9-16)14-28(25,26)15-20-12-13-21(27-20)22(24)23-17(2)19-6-4-3-5-7-19/h3-13,17H,14-15H2,1-2H3,(H,23,24). The topological polar surface area (TPSA) is 76.4 Å². The molecule has 1 aromatic heterocycles. The monoisotopic (exact) mass is 397 g/mol. The molecule has 1 amide bonds. The number of carbonyl (C=O) groups excluding carboxylic acids is 1. The van der Waals surface area contributed by atoms with Gasteiger partial charge in [0.15, 0.2) is 15.6 Å². The molecule has 146 valence electrons. The van der Waals surface area contributed by atoms with Gasteiger partial charge in [0.1, 0.15) is 11.5 Å². The van der Waals surface area contributed by atoms with Crippen LogP contribution in [0.1, 0.15) is 46.0 Å². The van der Waals surface area contributed by atoms with Crippen LogP contribution in [0, 0.1) is 6.92 Å². The molecular formula is C22H23NO4S. The van der Waals surface area contributed by atoms with Crippen molar-refractivity contribution in [3.63, 3.8) is 0 Å². The summed E-state index contributed by atoms with van der Waals surface area (Å²) in [5.74, 6) is -0.338. The van der Waals surface area contributed by atoms with Crippen LogP contribution >= 0.6 is 0 Å². The second-order valence-corrected chi connectivity index (χ2v) is 8.95. The number of nitrogens with one attached hydrogen (secondary N) is 1. The Morgan fingerprint density at radius 3 is 2.32 bits per heavy atom. The predicted octanol–water partition coefficient (Wildman–Crippen LogP) is 4.19. The molecule has 0 aliphatic rings. The second kappa shape index (κ2) is 8.44. The van der Waals surface area contributed by atoms with Gasteiger partial charge in [-0.05, 0) is 37.1 Å². The van der Waals surface area contributed by atoms with Crippen LogP contribution in [0.4, 0.5) is 0 Å². The number of rotatable bonds is 7. The van der Waals surface area contributed by atoms with Gasteiger partial charge in [-0.1, -0.05) is 60.2 Å². The molecule has 0 saturated carbocycles. The zero-order valence-corrected chi connectivity index (χ0v) is 16.7. The van der Waals surface area contributed by atoms with Crippen LogP contribution < -0.4 is 5.32 Å². The molecule has 1 unspecified atom stereocenters. The third-order valence-corrected chi connectivity index (χ3v) is 5.90. The summed E-state index contributed by atoms with van der Waals surface area (Å²) >= 11 is 0. The fourth-order valence-corrected chi connectivity index (χ4v) is 4.27. The molecule has 1 atom stereocenters. The van der Waals surface area contributed by atoms with E-state index >= 15 is 0 Å². The lowest BCUT2D eigenvalue weighted by Crippen LogP contribution is -2.26. The fraction of sp³-hybridized carbons (Fsp3) is 0.227. The van der Waals surface area contributed by atoms with Gasteiger partial charge in [-0.3, -0.25) is 4.79 Å². The Labute approximate surface area is 165 Å². The average Bonchev–Trinajstić information content (AvgIpc) is 3.12. The number of sulfone groups is 1. The minimum Gasteiger partial charge on any atom is -0.455 e. The molecule has 0 bridgehead atoms. The van der Waals surface area contributed by atoms with Crippen molar-refractivity contribution >= 4 is 15.7 Å². The highest BCUT2D eigenvalue weighted by Gasteiger charge is 2.19. The van der Waals surface area contributed by atoms with Gasteiger partial charge in [-0.15, -0.1) is 0 Å². The van der Waals surface area contributed by atoms with Crippen molar-refractivity contribution in [2.75, 3.05) is 0 Å². The first-order valence-electron chi connectivity index (χ1n) is 9.03. The molecule has 2 aromatic carbocycles. The fourth-order valence-electron chi connectivity index (χ4n) is 2.88. The Morgan fingerprint density at radius 2 is 1.64 bits per heavy atom. The van der Waals surface area contributed by atoms with E-state index in [0.29, 0.717) is 0 Å². The maximum absolute atomic E-state index is 12.4. The number of hydrogen-bond donors (Lipinski definition) is 1. The van der Waals surface area contributed by atoms with Gasteiger partial charge in [0, 0.05) is 0 Å². The van der Waals surface area contributed by atoms with E-state index in [1.165, 1.54) is 12.1 Å². The van der Waals surface area contributed by atoms with Crippen molar-refractivity contribution in [3.8, 4) is 0 Å². The number of hydrogen-bond acceptors (Lipinski definition) is 4. The quantitative estimate of drug-likeness (QED) is 0.648. The van der Waals surface area contributed by atoms with Gasteiger partial charge in [0.2, 0.25) is 0 Å². The first-order valence-corrected chi connectivity index (χ1v) is 10.8. The molecule has 0 spiro atoms. The van der Waals surface area contributed by atoms with Gasteiger partial charge in [-0.2, -0.15) is 0 Å². The molecule has 0 radical (unpaired) electrons. The van der Waals surface area contributed by atoms with E-state index in [1.807, 2.05) is 56.3 Å². The number of amides is 1. The SMILES string of the molecule is Cc1ccc(CS(=O)(=O)Cc2ccc(C(=O)NC(C)c3ccccc3)o2)cc1. The Morgan fingerprint density at radius 1 is 0.964 bits per heavy atom. The molecule has 0 fully saturated rings. The van der Waals surface area contributed by atoms with Crippen molar-refractivity contribution in [2.24, 2.45) is 0 Å². The Kier molecular flexibility index (Phi) is 5.99. The van der Waals surface area contributed by atoms with Gasteiger partial charge < -0.3 is 9.73 Å². The third-order valence-electron chi connectivity index (χ3n) is 4.40. The lowest BCUT2D eigenvalue weighted by Gasteiger charge is -2.13. The summed E-state index contributed by atoms with van der Waals surface area (Å²) < 4.78 is 30.4. The molecular weight excluding hydrogens is 374 g/mol. The van der Waals surface area contributed by atoms with Crippen molar-refractivity contribution in [1.82, 2.24) is 5.32 Å². The van der Waals surface area contributed by atoms with Crippen molar-refractivity contribution in [3.05, 3.63) is 94.9 Å². The van der Waals surface area contributed by atoms with Gasteiger partial charge in [0.25, 0.3) is 5.91 Å². The number of carbonyl (C=O) groups is 1. The summed E-state index contributed by atoms with van der Waals surface area (Å²) in [4.78, 5) is 12.4. The van der Waals surface area contributed by atoms with E-state index in [0.717, 1.165) is 16.7 Å². The highest BCUT2D eigenvalue weighted by molar-refractivity contribution is 7.89. The third kappa shape index (κ3) is 5.33. The van der Waals surface area contributed by atoms with E-state index in [2.05, 4.69) is 5.32 Å². The van der Waals surface area contributed by atoms with Crippen LogP contribution in [-0.4, -0.2) is 14.3 Å². The summed E-state index contributed by atoms with van der Waals surface area (Å²) in [5.41, 5.74) is 2.78. The summed E-state index contributed by atoms with van der Waals surface area (Å²) in [6.45, 7) is 3.83. The highest BCUT2D eigenvalue weighted by atomic mass is 32.2. The van der Waals surface area contributed by atoms with Crippen LogP contribution in [0.25, 0.3) is 0 Å². The smallest absolute Gasteiger partial charge is 0.287 e. The van der Waals surface area contributed by atoms with Crippen LogP contribution in [0.15, 0.2) is 71.1 Å². The minimum atomic E-state index is -3.40.